The average molecular weight is 582 g/mol. The standard InChI is InChI=1S/C19H19BrClFN4O5S2/c20-15-12(22)2-1-3-13(15)23-19(32)24-14-5-4-11(21)17(16(14)27)33(30,31)25-18(28)10-6-8-26(29)9-7-10/h1-5,10,26-27H,6-9H2,(H,25,28)(H2,23,24,32). The SMILES string of the molecule is O=C(NS(=O)(=O)c1c(Cl)ccc(NC(=S)Nc2cccc(F)c2Br)c1O)C1CC[NH+]([O-])CC1. The van der Waals surface area contributed by atoms with Gasteiger partial charge in [0.25, 0.3) is 10.0 Å². The van der Waals surface area contributed by atoms with Gasteiger partial charge in [0.05, 0.1) is 34.0 Å². The predicted molar refractivity (Wildman–Crippen MR) is 129 cm³/mol. The van der Waals surface area contributed by atoms with Crippen molar-refractivity contribution in [1.29, 1.82) is 0 Å². The highest BCUT2D eigenvalue weighted by Gasteiger charge is 2.31. The molecule has 5 N–H and O–H groups in total. The van der Waals surface area contributed by atoms with E-state index in [0.717, 1.165) is 0 Å². The number of hydrogen-bond donors (Lipinski definition) is 5. The van der Waals surface area contributed by atoms with Crippen LogP contribution in [0, 0.1) is 16.9 Å². The van der Waals surface area contributed by atoms with Crippen LogP contribution < -0.4 is 20.4 Å². The van der Waals surface area contributed by atoms with Gasteiger partial charge < -0.3 is 26.0 Å². The molecule has 14 heteroatoms. The molecule has 0 aromatic heterocycles. The zero-order valence-corrected chi connectivity index (χ0v) is 20.8. The molecule has 2 aromatic rings. The van der Waals surface area contributed by atoms with Crippen LogP contribution in [0.25, 0.3) is 0 Å². The van der Waals surface area contributed by atoms with Gasteiger partial charge in [0, 0.05) is 18.8 Å². The van der Waals surface area contributed by atoms with Crippen molar-refractivity contribution in [3.63, 3.8) is 0 Å². The van der Waals surface area contributed by atoms with Crippen LogP contribution in [0.15, 0.2) is 39.7 Å². The van der Waals surface area contributed by atoms with E-state index in [1.165, 1.54) is 24.3 Å². The number of thiocarbonyl (C=S) groups is 1. The van der Waals surface area contributed by atoms with Crippen molar-refractivity contribution in [2.24, 2.45) is 5.92 Å². The Morgan fingerprint density at radius 2 is 1.85 bits per heavy atom. The van der Waals surface area contributed by atoms with E-state index in [4.69, 9.17) is 23.8 Å². The van der Waals surface area contributed by atoms with Crippen LogP contribution in [-0.2, 0) is 14.8 Å². The van der Waals surface area contributed by atoms with Gasteiger partial charge in [-0.1, -0.05) is 17.7 Å². The number of phenolic OH excluding ortho intramolecular Hbond substituents is 1. The zero-order valence-electron chi connectivity index (χ0n) is 16.8. The van der Waals surface area contributed by atoms with Gasteiger partial charge in [0.15, 0.2) is 10.9 Å². The fourth-order valence-corrected chi connectivity index (χ4v) is 5.51. The number of sulfonamides is 1. The smallest absolute Gasteiger partial charge is 0.269 e. The van der Waals surface area contributed by atoms with Crippen LogP contribution in [0.5, 0.6) is 5.75 Å². The minimum atomic E-state index is -4.54. The number of rotatable bonds is 5. The van der Waals surface area contributed by atoms with Crippen LogP contribution in [0.4, 0.5) is 15.8 Å². The second kappa shape index (κ2) is 10.5. The van der Waals surface area contributed by atoms with Gasteiger partial charge in [-0.15, -0.1) is 0 Å². The number of hydrogen-bond acceptors (Lipinski definition) is 6. The van der Waals surface area contributed by atoms with Gasteiger partial charge >= 0.3 is 0 Å². The molecule has 0 atom stereocenters. The number of hydroxylamine groups is 2. The normalized spacial score (nSPS) is 18.4. The Balaban J connectivity index is 1.79. The molecular weight excluding hydrogens is 563 g/mol. The van der Waals surface area contributed by atoms with Crippen molar-refractivity contribution in [2.75, 3.05) is 23.7 Å². The molecule has 1 saturated heterocycles. The molecule has 0 bridgehead atoms. The van der Waals surface area contributed by atoms with Gasteiger partial charge in [0.2, 0.25) is 5.91 Å². The van der Waals surface area contributed by atoms with E-state index < -0.39 is 38.3 Å². The van der Waals surface area contributed by atoms with E-state index in [1.54, 1.807) is 6.07 Å². The molecule has 1 heterocycles. The Bertz CT molecular complexity index is 1190. The molecule has 1 aliphatic heterocycles. The molecule has 1 aliphatic rings. The highest BCUT2D eigenvalue weighted by molar-refractivity contribution is 9.10. The largest absolute Gasteiger partial charge is 0.634 e. The summed E-state index contributed by atoms with van der Waals surface area (Å²) in [7, 11) is -4.54. The summed E-state index contributed by atoms with van der Waals surface area (Å²) in [6, 6.07) is 6.75. The van der Waals surface area contributed by atoms with Crippen molar-refractivity contribution < 1.29 is 27.8 Å². The number of anilines is 2. The second-order valence-electron chi connectivity index (χ2n) is 7.24. The molecule has 9 nitrogen and oxygen atoms in total. The molecular formula is C19H19BrClFN4O5S2. The van der Waals surface area contributed by atoms with E-state index in [2.05, 4.69) is 26.6 Å². The van der Waals surface area contributed by atoms with Crippen LogP contribution in [0.1, 0.15) is 12.8 Å². The molecule has 33 heavy (non-hydrogen) atoms. The number of carbonyl (C=O) groups excluding carboxylic acids is 1. The van der Waals surface area contributed by atoms with Gasteiger partial charge in [0.1, 0.15) is 10.7 Å². The maximum Gasteiger partial charge on any atom is 0.269 e. The third-order valence-electron chi connectivity index (χ3n) is 4.95. The first-order chi connectivity index (χ1) is 15.5. The fraction of sp³-hybridized carbons (Fsp3) is 0.263. The fourth-order valence-electron chi connectivity index (χ4n) is 3.25. The number of amides is 1. The van der Waals surface area contributed by atoms with E-state index in [0.29, 0.717) is 5.69 Å². The molecule has 3 rings (SSSR count). The molecule has 1 amide bonds. The van der Waals surface area contributed by atoms with Crippen molar-refractivity contribution in [3.8, 4) is 5.75 Å². The molecule has 0 spiro atoms. The quantitative estimate of drug-likeness (QED) is 0.206. The molecule has 178 valence electrons. The number of quaternary nitrogens is 1. The number of aromatic hydroxyl groups is 1. The van der Waals surface area contributed by atoms with E-state index in [9.17, 15) is 27.9 Å². The number of benzene rings is 2. The maximum absolute atomic E-state index is 13.7. The zero-order chi connectivity index (χ0) is 24.3. The van der Waals surface area contributed by atoms with E-state index in [1.807, 2.05) is 4.72 Å². The lowest BCUT2D eigenvalue weighted by atomic mass is 9.97. The molecule has 2 aromatic carbocycles. The van der Waals surface area contributed by atoms with Crippen LogP contribution in [0.2, 0.25) is 5.02 Å². The summed E-state index contributed by atoms with van der Waals surface area (Å²) in [6.07, 6.45) is 0.494. The van der Waals surface area contributed by atoms with Gasteiger partial charge in [-0.3, -0.25) is 4.79 Å². The first-order valence-electron chi connectivity index (χ1n) is 9.61. The molecule has 0 aliphatic carbocycles. The summed E-state index contributed by atoms with van der Waals surface area (Å²) in [6.45, 7) is 0.408. The average Bonchev–Trinajstić information content (AvgIpc) is 2.73. The third kappa shape index (κ3) is 6.11. The number of nitrogens with one attached hydrogen (secondary N) is 4. The lowest BCUT2D eigenvalue weighted by Gasteiger charge is -2.30. The van der Waals surface area contributed by atoms with Crippen molar-refractivity contribution in [2.45, 2.75) is 17.7 Å². The van der Waals surface area contributed by atoms with Crippen molar-refractivity contribution in [3.05, 3.63) is 50.9 Å². The lowest BCUT2D eigenvalue weighted by molar-refractivity contribution is -0.854. The Morgan fingerprint density at radius 3 is 2.52 bits per heavy atom. The maximum atomic E-state index is 13.7. The summed E-state index contributed by atoms with van der Waals surface area (Å²) in [5, 5.41) is 26.9. The predicted octanol–water partition coefficient (Wildman–Crippen LogP) is 2.35. The molecule has 1 fully saturated rings. The number of halogens is 3. The highest BCUT2D eigenvalue weighted by atomic mass is 79.9. The second-order valence-corrected chi connectivity index (χ2v) is 10.5. The summed E-state index contributed by atoms with van der Waals surface area (Å²) in [4.78, 5) is 11.7. The minimum absolute atomic E-state index is 0.0243. The Labute approximate surface area is 208 Å². The van der Waals surface area contributed by atoms with Crippen molar-refractivity contribution >= 4 is 72.2 Å². The van der Waals surface area contributed by atoms with Gasteiger partial charge in [-0.25, -0.2) is 17.5 Å². The number of piperidine rings is 1. The van der Waals surface area contributed by atoms with Crippen LogP contribution >= 0.6 is 39.7 Å². The topological polar surface area (TPSA) is 135 Å². The molecule has 0 unspecified atom stereocenters. The summed E-state index contributed by atoms with van der Waals surface area (Å²) in [5.41, 5.74) is 0.188. The first-order valence-corrected chi connectivity index (χ1v) is 12.7. The molecule has 0 radical (unpaired) electrons. The van der Waals surface area contributed by atoms with Crippen LogP contribution in [0.3, 0.4) is 0 Å². The van der Waals surface area contributed by atoms with E-state index >= 15 is 0 Å². The monoisotopic (exact) mass is 580 g/mol. The van der Waals surface area contributed by atoms with Gasteiger partial charge in [-0.05, 0) is 52.4 Å². The third-order valence-corrected chi connectivity index (χ3v) is 7.81. The Hall–Kier alpha value is -2.03. The summed E-state index contributed by atoms with van der Waals surface area (Å²) >= 11 is 14.3. The van der Waals surface area contributed by atoms with E-state index in [-0.39, 0.29) is 51.3 Å². The number of carbonyl (C=O) groups is 1. The Kier molecular flexibility index (Phi) is 8.13. The minimum Gasteiger partial charge on any atom is -0.634 e. The number of phenols is 1. The summed E-state index contributed by atoms with van der Waals surface area (Å²) < 4.78 is 41.4. The summed E-state index contributed by atoms with van der Waals surface area (Å²) in [5.74, 6) is -2.70. The lowest BCUT2D eigenvalue weighted by Crippen LogP contribution is -3.08. The Morgan fingerprint density at radius 1 is 1.21 bits per heavy atom. The van der Waals surface area contributed by atoms with Gasteiger partial charge in [-0.2, -0.15) is 0 Å². The molecule has 0 saturated carbocycles. The highest BCUT2D eigenvalue weighted by Crippen LogP contribution is 2.37. The first kappa shape index (κ1) is 25.6. The van der Waals surface area contributed by atoms with Crippen LogP contribution in [-0.4, -0.2) is 37.6 Å². The van der Waals surface area contributed by atoms with Crippen molar-refractivity contribution in [1.82, 2.24) is 4.72 Å².